The molecule has 0 atom stereocenters. The fourth-order valence-corrected chi connectivity index (χ4v) is 1.58. The molecule has 8 nitrogen and oxygen atoms in total. The van der Waals surface area contributed by atoms with Gasteiger partial charge in [0.25, 0.3) is 5.95 Å². The molecule has 9 heteroatoms. The molecule has 0 radical (unpaired) electrons. The number of nitrogens with zero attached hydrogens (tertiary/aromatic N) is 2. The lowest BCUT2D eigenvalue weighted by molar-refractivity contribution is 0.204. The van der Waals surface area contributed by atoms with E-state index in [0.29, 0.717) is 12.4 Å². The van der Waals surface area contributed by atoms with E-state index in [0.717, 1.165) is 0 Å². The van der Waals surface area contributed by atoms with E-state index >= 15 is 0 Å². The summed E-state index contributed by atoms with van der Waals surface area (Å²) in [6.45, 7) is 2.16. The summed E-state index contributed by atoms with van der Waals surface area (Å²) in [4.78, 5) is 3.80. The summed E-state index contributed by atoms with van der Waals surface area (Å²) in [6, 6.07) is 0. The number of ether oxygens (including phenoxy) is 1. The number of nitrogens with one attached hydrogen (secondary N) is 3. The van der Waals surface area contributed by atoms with Crippen molar-refractivity contribution in [2.24, 2.45) is 0 Å². The predicted octanol–water partition coefficient (Wildman–Crippen LogP) is -0.994. The fraction of sp³-hybridized carbons (Fsp3) is 0.667. The third-order valence-corrected chi connectivity index (χ3v) is 2.46. The molecule has 0 amide bonds. The van der Waals surface area contributed by atoms with Gasteiger partial charge in [0, 0.05) is 13.7 Å². The number of methoxy groups -OCH3 is 1. The van der Waals surface area contributed by atoms with E-state index < -0.39 is 10.2 Å². The molecular formula is C6H13N5O3S. The van der Waals surface area contributed by atoms with Crippen molar-refractivity contribution in [1.29, 1.82) is 0 Å². The van der Waals surface area contributed by atoms with E-state index in [1.165, 1.54) is 7.11 Å². The number of hydrogen-bond acceptors (Lipinski definition) is 5. The Morgan fingerprint density at radius 2 is 2.27 bits per heavy atom. The number of hydrogen-bond donors (Lipinski definition) is 3. The van der Waals surface area contributed by atoms with Gasteiger partial charge in [0.2, 0.25) is 0 Å². The first-order valence-electron chi connectivity index (χ1n) is 4.19. The van der Waals surface area contributed by atoms with Crippen LogP contribution in [0.4, 0.5) is 5.95 Å². The van der Waals surface area contributed by atoms with E-state index in [1.54, 1.807) is 6.92 Å². The highest BCUT2D eigenvalue weighted by Gasteiger charge is 2.11. The van der Waals surface area contributed by atoms with Gasteiger partial charge in [-0.3, -0.25) is 5.10 Å². The molecule has 0 saturated heterocycles. The number of H-pyrrole nitrogens is 1. The van der Waals surface area contributed by atoms with Gasteiger partial charge in [0.15, 0.2) is 0 Å². The zero-order chi connectivity index (χ0) is 11.3. The van der Waals surface area contributed by atoms with Crippen molar-refractivity contribution < 1.29 is 13.2 Å². The topological polar surface area (TPSA) is 109 Å². The molecule has 0 aliphatic carbocycles. The Balaban J connectivity index is 2.49. The maximum Gasteiger partial charge on any atom is 0.301 e. The van der Waals surface area contributed by atoms with Crippen molar-refractivity contribution in [3.63, 3.8) is 0 Å². The number of aromatic nitrogens is 3. The van der Waals surface area contributed by atoms with Crippen LogP contribution in [0.1, 0.15) is 5.82 Å². The van der Waals surface area contributed by atoms with Gasteiger partial charge in [-0.2, -0.15) is 18.1 Å². The molecular weight excluding hydrogens is 222 g/mol. The lowest BCUT2D eigenvalue weighted by Crippen LogP contribution is -2.32. The minimum atomic E-state index is -3.62. The van der Waals surface area contributed by atoms with Crippen LogP contribution in [-0.4, -0.2) is 43.9 Å². The summed E-state index contributed by atoms with van der Waals surface area (Å²) in [5, 5.41) is 6.15. The molecule has 1 heterocycles. The second-order valence-electron chi connectivity index (χ2n) is 2.74. The highest BCUT2D eigenvalue weighted by Crippen LogP contribution is 1.98. The van der Waals surface area contributed by atoms with E-state index in [-0.39, 0.29) is 12.5 Å². The third-order valence-electron chi connectivity index (χ3n) is 1.42. The first-order chi connectivity index (χ1) is 7.03. The largest absolute Gasteiger partial charge is 0.383 e. The van der Waals surface area contributed by atoms with E-state index in [9.17, 15) is 8.42 Å². The van der Waals surface area contributed by atoms with Gasteiger partial charge in [-0.25, -0.2) is 4.72 Å². The van der Waals surface area contributed by atoms with Crippen LogP contribution in [-0.2, 0) is 14.9 Å². The molecule has 1 aromatic heterocycles. The van der Waals surface area contributed by atoms with E-state index in [1.807, 2.05) is 0 Å². The Kier molecular flexibility index (Phi) is 4.00. The average molecular weight is 235 g/mol. The number of anilines is 1. The van der Waals surface area contributed by atoms with Crippen molar-refractivity contribution in [1.82, 2.24) is 19.9 Å². The van der Waals surface area contributed by atoms with Crippen molar-refractivity contribution in [3.05, 3.63) is 5.82 Å². The van der Waals surface area contributed by atoms with Gasteiger partial charge >= 0.3 is 10.2 Å². The monoisotopic (exact) mass is 235 g/mol. The summed E-state index contributed by atoms with van der Waals surface area (Å²) in [7, 11) is -2.13. The lowest BCUT2D eigenvalue weighted by atomic mass is 10.7. The number of rotatable bonds is 6. The zero-order valence-corrected chi connectivity index (χ0v) is 9.26. The Labute approximate surface area is 87.6 Å². The van der Waals surface area contributed by atoms with Gasteiger partial charge in [-0.15, -0.1) is 5.10 Å². The Bertz CT molecular complexity index is 401. The maximum absolute atomic E-state index is 11.3. The molecule has 1 rings (SSSR count). The molecule has 86 valence electrons. The standard InChI is InChI=1S/C6H13N5O3S/c1-5-8-6(10-9-5)11-15(12,13)7-3-4-14-2/h7H,3-4H2,1-2H3,(H2,8,9,10,11). The second kappa shape index (κ2) is 5.05. The normalized spacial score (nSPS) is 11.6. The van der Waals surface area contributed by atoms with Gasteiger partial charge in [-0.05, 0) is 6.92 Å². The quantitative estimate of drug-likeness (QED) is 0.548. The molecule has 15 heavy (non-hydrogen) atoms. The molecule has 1 aromatic rings. The van der Waals surface area contributed by atoms with Crippen LogP contribution >= 0.6 is 0 Å². The summed E-state index contributed by atoms with van der Waals surface area (Å²) in [5.74, 6) is 0.544. The van der Waals surface area contributed by atoms with Gasteiger partial charge in [0.1, 0.15) is 5.82 Å². The first kappa shape index (κ1) is 11.9. The fourth-order valence-electron chi connectivity index (χ4n) is 0.823. The summed E-state index contributed by atoms with van der Waals surface area (Å²) >= 11 is 0. The van der Waals surface area contributed by atoms with E-state index in [2.05, 4.69) is 24.6 Å². The van der Waals surface area contributed by atoms with Crippen molar-refractivity contribution in [3.8, 4) is 0 Å². The smallest absolute Gasteiger partial charge is 0.301 e. The van der Waals surface area contributed by atoms with Crippen molar-refractivity contribution in [2.45, 2.75) is 6.92 Å². The molecule has 0 spiro atoms. The van der Waals surface area contributed by atoms with Crippen molar-refractivity contribution in [2.75, 3.05) is 25.0 Å². The summed E-state index contributed by atoms with van der Waals surface area (Å²) in [5.41, 5.74) is 0. The van der Waals surface area contributed by atoms with Crippen LogP contribution in [0, 0.1) is 6.92 Å². The molecule has 0 bridgehead atoms. The second-order valence-corrected chi connectivity index (χ2v) is 4.24. The summed E-state index contributed by atoms with van der Waals surface area (Å²) in [6.07, 6.45) is 0. The van der Waals surface area contributed by atoms with Crippen molar-refractivity contribution >= 4 is 16.2 Å². The Morgan fingerprint density at radius 1 is 1.53 bits per heavy atom. The zero-order valence-electron chi connectivity index (χ0n) is 8.44. The summed E-state index contributed by atoms with van der Waals surface area (Å²) < 4.78 is 31.7. The lowest BCUT2D eigenvalue weighted by Gasteiger charge is -2.05. The molecule has 0 aliphatic rings. The highest BCUT2D eigenvalue weighted by atomic mass is 32.2. The van der Waals surface area contributed by atoms with E-state index in [4.69, 9.17) is 4.74 Å². The minimum Gasteiger partial charge on any atom is -0.383 e. The first-order valence-corrected chi connectivity index (χ1v) is 5.67. The SMILES string of the molecule is COCCNS(=O)(=O)Nc1n[nH]c(C)n1. The predicted molar refractivity (Wildman–Crippen MR) is 53.5 cm³/mol. The molecule has 0 aliphatic heterocycles. The van der Waals surface area contributed by atoms with Crippen LogP contribution in [0.15, 0.2) is 0 Å². The van der Waals surface area contributed by atoms with Crippen LogP contribution in [0.25, 0.3) is 0 Å². The Morgan fingerprint density at radius 3 is 2.80 bits per heavy atom. The van der Waals surface area contributed by atoms with Gasteiger partial charge in [-0.1, -0.05) is 0 Å². The molecule has 0 fully saturated rings. The van der Waals surface area contributed by atoms with Gasteiger partial charge < -0.3 is 4.74 Å². The van der Waals surface area contributed by atoms with Crippen LogP contribution in [0.2, 0.25) is 0 Å². The third kappa shape index (κ3) is 4.23. The molecule has 0 aromatic carbocycles. The molecule has 0 saturated carbocycles. The molecule has 0 unspecified atom stereocenters. The average Bonchev–Trinajstić information content (AvgIpc) is 2.50. The minimum absolute atomic E-state index is 0.0115. The molecule has 3 N–H and O–H groups in total. The van der Waals surface area contributed by atoms with Crippen LogP contribution < -0.4 is 9.44 Å². The van der Waals surface area contributed by atoms with Crippen LogP contribution in [0.3, 0.4) is 0 Å². The maximum atomic E-state index is 11.3. The van der Waals surface area contributed by atoms with Gasteiger partial charge in [0.05, 0.1) is 6.61 Å². The van der Waals surface area contributed by atoms with Crippen LogP contribution in [0.5, 0.6) is 0 Å². The highest BCUT2D eigenvalue weighted by molar-refractivity contribution is 7.90. The Hall–Kier alpha value is -1.19. The number of aryl methyl sites for hydroxylation is 1. The number of aromatic amines is 1.